The van der Waals surface area contributed by atoms with Crippen LogP contribution in [0.4, 0.5) is 5.69 Å². The molecule has 0 aliphatic carbocycles. The van der Waals surface area contributed by atoms with Gasteiger partial charge in [0.15, 0.2) is 0 Å². The van der Waals surface area contributed by atoms with Gasteiger partial charge in [0.25, 0.3) is 5.56 Å². The third-order valence-corrected chi connectivity index (χ3v) is 5.69. The van der Waals surface area contributed by atoms with E-state index in [1.54, 1.807) is 11.6 Å². The Morgan fingerprint density at radius 3 is 2.41 bits per heavy atom. The van der Waals surface area contributed by atoms with Crippen molar-refractivity contribution >= 4 is 16.6 Å². The summed E-state index contributed by atoms with van der Waals surface area (Å²) in [4.78, 5) is 14.9. The van der Waals surface area contributed by atoms with Crippen molar-refractivity contribution < 1.29 is 0 Å². The standard InChI is InChI=1S/C23H23N3O/c1-25-21-10-6-5-9-19(21)22(20(16-24)23(25)27)26-13-11-18(12-14-26)15-17-7-3-2-4-8-17/h2-10,18H,11-15H2,1H3. The zero-order valence-electron chi connectivity index (χ0n) is 15.6. The van der Waals surface area contributed by atoms with Crippen LogP contribution in [-0.4, -0.2) is 17.7 Å². The zero-order valence-corrected chi connectivity index (χ0v) is 15.6. The third-order valence-electron chi connectivity index (χ3n) is 5.69. The molecule has 0 amide bonds. The van der Waals surface area contributed by atoms with Crippen LogP contribution in [0.3, 0.4) is 0 Å². The van der Waals surface area contributed by atoms with E-state index in [9.17, 15) is 10.1 Å². The summed E-state index contributed by atoms with van der Waals surface area (Å²) in [7, 11) is 1.74. The number of aryl methyl sites for hydroxylation is 1. The maximum Gasteiger partial charge on any atom is 0.270 e. The molecule has 1 saturated heterocycles. The Morgan fingerprint density at radius 1 is 1.04 bits per heavy atom. The number of hydrogen-bond acceptors (Lipinski definition) is 3. The van der Waals surface area contributed by atoms with Crippen LogP contribution in [-0.2, 0) is 13.5 Å². The normalized spacial score (nSPS) is 15.0. The lowest BCUT2D eigenvalue weighted by Gasteiger charge is -2.35. The molecule has 0 radical (unpaired) electrons. The third kappa shape index (κ3) is 3.21. The summed E-state index contributed by atoms with van der Waals surface area (Å²) < 4.78 is 1.58. The largest absolute Gasteiger partial charge is 0.370 e. The van der Waals surface area contributed by atoms with Gasteiger partial charge in [0.05, 0.1) is 11.2 Å². The second-order valence-corrected chi connectivity index (χ2v) is 7.34. The molecule has 136 valence electrons. The maximum atomic E-state index is 12.7. The summed E-state index contributed by atoms with van der Waals surface area (Å²) in [5, 5.41) is 10.7. The van der Waals surface area contributed by atoms with Gasteiger partial charge < -0.3 is 9.47 Å². The van der Waals surface area contributed by atoms with Crippen LogP contribution in [0.25, 0.3) is 10.9 Å². The van der Waals surface area contributed by atoms with Crippen LogP contribution >= 0.6 is 0 Å². The van der Waals surface area contributed by atoms with E-state index in [0.717, 1.165) is 48.9 Å². The van der Waals surface area contributed by atoms with Gasteiger partial charge in [0, 0.05) is 25.5 Å². The molecule has 4 heteroatoms. The minimum atomic E-state index is -0.211. The molecule has 4 nitrogen and oxygen atoms in total. The number of aromatic nitrogens is 1. The number of para-hydroxylation sites is 1. The minimum absolute atomic E-state index is 0.211. The first-order valence-corrected chi connectivity index (χ1v) is 9.49. The molecule has 0 N–H and O–H groups in total. The molecule has 2 heterocycles. The van der Waals surface area contributed by atoms with Crippen molar-refractivity contribution in [3.8, 4) is 6.07 Å². The fourth-order valence-electron chi connectivity index (χ4n) is 4.22. The lowest BCUT2D eigenvalue weighted by atomic mass is 9.89. The number of piperidine rings is 1. The zero-order chi connectivity index (χ0) is 18.8. The smallest absolute Gasteiger partial charge is 0.270 e. The first-order chi connectivity index (χ1) is 13.2. The molecule has 2 aromatic carbocycles. The van der Waals surface area contributed by atoms with Crippen molar-refractivity contribution in [1.29, 1.82) is 5.26 Å². The monoisotopic (exact) mass is 357 g/mol. The number of benzene rings is 2. The van der Waals surface area contributed by atoms with Gasteiger partial charge in [-0.15, -0.1) is 0 Å². The number of nitrogens with zero attached hydrogens (tertiary/aromatic N) is 3. The molecular weight excluding hydrogens is 334 g/mol. The number of fused-ring (bicyclic) bond motifs is 1. The van der Waals surface area contributed by atoms with Crippen molar-refractivity contribution in [3.63, 3.8) is 0 Å². The van der Waals surface area contributed by atoms with Crippen LogP contribution in [0.5, 0.6) is 0 Å². The number of pyridine rings is 1. The number of hydrogen-bond donors (Lipinski definition) is 0. The summed E-state index contributed by atoms with van der Waals surface area (Å²) in [6.45, 7) is 1.76. The van der Waals surface area contributed by atoms with Gasteiger partial charge in [0.2, 0.25) is 0 Å². The molecule has 0 saturated carbocycles. The molecule has 1 aliphatic rings. The topological polar surface area (TPSA) is 49.0 Å². The minimum Gasteiger partial charge on any atom is -0.370 e. The van der Waals surface area contributed by atoms with Crippen LogP contribution in [0, 0.1) is 17.2 Å². The Balaban J connectivity index is 1.64. The Labute approximate surface area is 159 Å². The van der Waals surface area contributed by atoms with Crippen LogP contribution in [0.2, 0.25) is 0 Å². The first kappa shape index (κ1) is 17.4. The quantitative estimate of drug-likeness (QED) is 0.715. The first-order valence-electron chi connectivity index (χ1n) is 9.49. The average Bonchev–Trinajstić information content (AvgIpc) is 2.72. The molecule has 0 unspecified atom stereocenters. The van der Waals surface area contributed by atoms with E-state index in [1.807, 2.05) is 24.3 Å². The molecule has 1 aliphatic heterocycles. The summed E-state index contributed by atoms with van der Waals surface area (Å²) in [6, 6.07) is 20.7. The molecule has 1 aromatic heterocycles. The van der Waals surface area contributed by atoms with Gasteiger partial charge in [-0.25, -0.2) is 0 Å². The van der Waals surface area contributed by atoms with Crippen molar-refractivity contribution in [2.75, 3.05) is 18.0 Å². The highest BCUT2D eigenvalue weighted by atomic mass is 16.1. The molecule has 1 fully saturated rings. The van der Waals surface area contributed by atoms with Gasteiger partial charge in [-0.3, -0.25) is 4.79 Å². The summed E-state index contributed by atoms with van der Waals surface area (Å²) in [5.41, 5.74) is 3.13. The second kappa shape index (κ2) is 7.28. The highest BCUT2D eigenvalue weighted by Gasteiger charge is 2.25. The van der Waals surface area contributed by atoms with Gasteiger partial charge in [-0.05, 0) is 36.8 Å². The lowest BCUT2D eigenvalue weighted by molar-refractivity contribution is 0.404. The Kier molecular flexibility index (Phi) is 4.68. The van der Waals surface area contributed by atoms with Gasteiger partial charge >= 0.3 is 0 Å². The Hall–Kier alpha value is -3.06. The van der Waals surface area contributed by atoms with E-state index in [2.05, 4.69) is 41.3 Å². The summed E-state index contributed by atoms with van der Waals surface area (Å²) in [5.74, 6) is 0.645. The average molecular weight is 357 g/mol. The van der Waals surface area contributed by atoms with E-state index in [-0.39, 0.29) is 11.1 Å². The SMILES string of the molecule is Cn1c(=O)c(C#N)c(N2CCC(Cc3ccccc3)CC2)c2ccccc21. The molecule has 0 atom stereocenters. The Morgan fingerprint density at radius 2 is 1.70 bits per heavy atom. The van der Waals surface area contributed by atoms with Crippen LogP contribution < -0.4 is 10.5 Å². The van der Waals surface area contributed by atoms with E-state index in [0.29, 0.717) is 5.92 Å². The highest BCUT2D eigenvalue weighted by Crippen LogP contribution is 2.32. The molecule has 3 aromatic rings. The van der Waals surface area contributed by atoms with Crippen molar-refractivity contribution in [2.24, 2.45) is 13.0 Å². The molecule has 0 bridgehead atoms. The Bertz CT molecular complexity index is 1050. The highest BCUT2D eigenvalue weighted by molar-refractivity contribution is 5.94. The van der Waals surface area contributed by atoms with Crippen LogP contribution in [0.15, 0.2) is 59.4 Å². The number of anilines is 1. The maximum absolute atomic E-state index is 12.7. The molecule has 4 rings (SSSR count). The van der Waals surface area contributed by atoms with Gasteiger partial charge in [-0.2, -0.15) is 5.26 Å². The van der Waals surface area contributed by atoms with E-state index >= 15 is 0 Å². The van der Waals surface area contributed by atoms with E-state index in [4.69, 9.17) is 0 Å². The predicted molar refractivity (Wildman–Crippen MR) is 109 cm³/mol. The van der Waals surface area contributed by atoms with Crippen molar-refractivity contribution in [2.45, 2.75) is 19.3 Å². The molecule has 27 heavy (non-hydrogen) atoms. The van der Waals surface area contributed by atoms with Crippen molar-refractivity contribution in [3.05, 3.63) is 76.1 Å². The fraction of sp³-hybridized carbons (Fsp3) is 0.304. The second-order valence-electron chi connectivity index (χ2n) is 7.34. The predicted octanol–water partition coefficient (Wildman–Crippen LogP) is 3.87. The van der Waals surface area contributed by atoms with E-state index < -0.39 is 0 Å². The van der Waals surface area contributed by atoms with Crippen LogP contribution in [0.1, 0.15) is 24.0 Å². The van der Waals surface area contributed by atoms with Crippen molar-refractivity contribution in [1.82, 2.24) is 4.57 Å². The summed E-state index contributed by atoms with van der Waals surface area (Å²) in [6.07, 6.45) is 3.24. The number of rotatable bonds is 3. The van der Waals surface area contributed by atoms with E-state index in [1.165, 1.54) is 5.56 Å². The van der Waals surface area contributed by atoms with Gasteiger partial charge in [-0.1, -0.05) is 48.5 Å². The molecule has 0 spiro atoms. The molecular formula is C23H23N3O. The summed E-state index contributed by atoms with van der Waals surface area (Å²) >= 11 is 0. The van der Waals surface area contributed by atoms with Gasteiger partial charge in [0.1, 0.15) is 11.6 Å². The fourth-order valence-corrected chi connectivity index (χ4v) is 4.22. The lowest BCUT2D eigenvalue weighted by Crippen LogP contribution is -2.36. The number of nitriles is 1.